The minimum absolute atomic E-state index is 0.0223. The number of carbonyl (C=O) groups excluding carboxylic acids is 1. The maximum absolute atomic E-state index is 11.4. The largest absolute Gasteiger partial charge is 0.326 e. The van der Waals surface area contributed by atoms with Crippen LogP contribution in [0.25, 0.3) is 16.9 Å². The highest BCUT2D eigenvalue weighted by Crippen LogP contribution is 2.34. The van der Waals surface area contributed by atoms with Crippen LogP contribution in [0.1, 0.15) is 5.56 Å². The van der Waals surface area contributed by atoms with Gasteiger partial charge < -0.3 is 5.32 Å². The van der Waals surface area contributed by atoms with E-state index in [-0.39, 0.29) is 11.7 Å². The van der Waals surface area contributed by atoms with Crippen LogP contribution < -0.4 is 5.32 Å². The number of fused-ring (bicyclic) bond motifs is 2. The fraction of sp³-hybridized carbons (Fsp3) is 0.0667. The van der Waals surface area contributed by atoms with Gasteiger partial charge in [-0.3, -0.25) is 9.20 Å². The predicted octanol–water partition coefficient (Wildman–Crippen LogP) is 2.89. The number of nitrogens with one attached hydrogen (secondary N) is 1. The van der Waals surface area contributed by atoms with Crippen molar-refractivity contribution in [2.45, 2.75) is 6.42 Å². The van der Waals surface area contributed by atoms with Crippen molar-refractivity contribution in [1.82, 2.24) is 9.38 Å². The topological polar surface area (TPSA) is 75.8 Å². The molecule has 6 heteroatoms. The number of rotatable bonds is 2. The molecule has 1 aromatic carbocycles. The first-order valence-corrected chi connectivity index (χ1v) is 6.50. The van der Waals surface area contributed by atoms with Gasteiger partial charge >= 0.3 is 0 Å². The van der Waals surface area contributed by atoms with Crippen molar-refractivity contribution in [3.8, 4) is 11.3 Å². The summed E-state index contributed by atoms with van der Waals surface area (Å²) in [7, 11) is 0. The number of nitroso groups, excluding NO2 is 1. The molecule has 0 saturated heterocycles. The summed E-state index contributed by atoms with van der Waals surface area (Å²) in [5.41, 5.74) is 3.69. The summed E-state index contributed by atoms with van der Waals surface area (Å²) in [5.74, 6) is 0.244. The minimum Gasteiger partial charge on any atom is -0.326 e. The SMILES string of the molecule is O=Nc1c(-c2ccc3c(c2)CC(=O)N3)nc2ccccn12. The van der Waals surface area contributed by atoms with Crippen molar-refractivity contribution in [3.05, 3.63) is 53.1 Å². The molecule has 3 heterocycles. The highest BCUT2D eigenvalue weighted by molar-refractivity contribution is 5.99. The van der Waals surface area contributed by atoms with E-state index in [0.29, 0.717) is 17.8 Å². The first-order valence-electron chi connectivity index (χ1n) is 6.50. The number of hydrogen-bond donors (Lipinski definition) is 1. The maximum Gasteiger partial charge on any atom is 0.228 e. The molecule has 6 nitrogen and oxygen atoms in total. The molecule has 1 aliphatic heterocycles. The first-order chi connectivity index (χ1) is 10.3. The highest BCUT2D eigenvalue weighted by Gasteiger charge is 2.20. The fourth-order valence-electron chi connectivity index (χ4n) is 2.64. The third kappa shape index (κ3) is 1.73. The molecule has 0 spiro atoms. The van der Waals surface area contributed by atoms with E-state index in [9.17, 15) is 9.70 Å². The zero-order chi connectivity index (χ0) is 14.4. The smallest absolute Gasteiger partial charge is 0.228 e. The van der Waals surface area contributed by atoms with Gasteiger partial charge in [-0.2, -0.15) is 0 Å². The average Bonchev–Trinajstić information content (AvgIpc) is 3.05. The average molecular weight is 278 g/mol. The maximum atomic E-state index is 11.4. The normalized spacial score (nSPS) is 13.2. The number of pyridine rings is 1. The first kappa shape index (κ1) is 11.8. The Morgan fingerprint density at radius 2 is 2.14 bits per heavy atom. The lowest BCUT2D eigenvalue weighted by Gasteiger charge is -2.02. The van der Waals surface area contributed by atoms with Gasteiger partial charge in [0, 0.05) is 17.4 Å². The van der Waals surface area contributed by atoms with E-state index in [1.807, 2.05) is 36.4 Å². The van der Waals surface area contributed by atoms with Crippen LogP contribution in [0.15, 0.2) is 47.8 Å². The van der Waals surface area contributed by atoms with Crippen LogP contribution in [0, 0.1) is 4.91 Å². The molecule has 2 aromatic heterocycles. The minimum atomic E-state index is -0.0223. The van der Waals surface area contributed by atoms with Crippen LogP contribution in [0.4, 0.5) is 11.5 Å². The van der Waals surface area contributed by atoms with E-state index in [0.717, 1.165) is 16.8 Å². The van der Waals surface area contributed by atoms with Gasteiger partial charge in [-0.15, -0.1) is 4.91 Å². The second-order valence-electron chi connectivity index (χ2n) is 4.90. The van der Waals surface area contributed by atoms with E-state index in [2.05, 4.69) is 15.5 Å². The molecule has 1 aliphatic rings. The monoisotopic (exact) mass is 278 g/mol. The molecule has 21 heavy (non-hydrogen) atoms. The number of anilines is 1. The van der Waals surface area contributed by atoms with Gasteiger partial charge in [0.2, 0.25) is 11.7 Å². The molecule has 0 radical (unpaired) electrons. The van der Waals surface area contributed by atoms with Gasteiger partial charge in [-0.1, -0.05) is 12.1 Å². The van der Waals surface area contributed by atoms with E-state index in [1.165, 1.54) is 0 Å². The van der Waals surface area contributed by atoms with Gasteiger partial charge in [0.1, 0.15) is 11.3 Å². The number of nitrogens with zero attached hydrogens (tertiary/aromatic N) is 3. The number of aromatic nitrogens is 2. The molecule has 1 amide bonds. The molecule has 3 aromatic rings. The van der Waals surface area contributed by atoms with E-state index >= 15 is 0 Å². The lowest BCUT2D eigenvalue weighted by molar-refractivity contribution is -0.115. The third-order valence-corrected chi connectivity index (χ3v) is 3.59. The van der Waals surface area contributed by atoms with Crippen LogP contribution in [0.5, 0.6) is 0 Å². The van der Waals surface area contributed by atoms with Gasteiger partial charge in [-0.25, -0.2) is 4.98 Å². The molecule has 1 N–H and O–H groups in total. The van der Waals surface area contributed by atoms with E-state index in [1.54, 1.807) is 10.6 Å². The summed E-state index contributed by atoms with van der Waals surface area (Å²) in [6, 6.07) is 11.0. The Kier molecular flexibility index (Phi) is 2.38. The molecule has 0 aliphatic carbocycles. The molecular weight excluding hydrogens is 268 g/mol. The van der Waals surface area contributed by atoms with Gasteiger partial charge in [-0.05, 0) is 35.0 Å². The molecule has 0 bridgehead atoms. The van der Waals surface area contributed by atoms with Crippen molar-refractivity contribution < 1.29 is 4.79 Å². The number of amides is 1. The highest BCUT2D eigenvalue weighted by atomic mass is 16.3. The quantitative estimate of drug-likeness (QED) is 0.732. The molecule has 0 unspecified atom stereocenters. The molecule has 0 saturated carbocycles. The van der Waals surface area contributed by atoms with Crippen LogP contribution in [-0.4, -0.2) is 15.3 Å². The number of carbonyl (C=O) groups is 1. The Morgan fingerprint density at radius 3 is 3.00 bits per heavy atom. The Morgan fingerprint density at radius 1 is 1.24 bits per heavy atom. The molecule has 0 atom stereocenters. The summed E-state index contributed by atoms with van der Waals surface area (Å²) in [6.45, 7) is 0. The Hall–Kier alpha value is -3.02. The Balaban J connectivity index is 1.93. The molecule has 0 fully saturated rings. The van der Waals surface area contributed by atoms with Crippen molar-refractivity contribution >= 4 is 23.1 Å². The summed E-state index contributed by atoms with van der Waals surface area (Å²) < 4.78 is 1.65. The van der Waals surface area contributed by atoms with Crippen LogP contribution in [-0.2, 0) is 11.2 Å². The second-order valence-corrected chi connectivity index (χ2v) is 4.90. The summed E-state index contributed by atoms with van der Waals surface area (Å²) in [6.07, 6.45) is 2.10. The summed E-state index contributed by atoms with van der Waals surface area (Å²) >= 11 is 0. The van der Waals surface area contributed by atoms with E-state index in [4.69, 9.17) is 0 Å². The summed E-state index contributed by atoms with van der Waals surface area (Å²) in [4.78, 5) is 27.1. The number of benzene rings is 1. The zero-order valence-electron chi connectivity index (χ0n) is 10.9. The second kappa shape index (κ2) is 4.24. The number of imidazole rings is 1. The van der Waals surface area contributed by atoms with Crippen molar-refractivity contribution in [2.24, 2.45) is 5.18 Å². The Labute approximate surface area is 119 Å². The fourth-order valence-corrected chi connectivity index (χ4v) is 2.64. The van der Waals surface area contributed by atoms with Crippen molar-refractivity contribution in [3.63, 3.8) is 0 Å². The molecule has 4 rings (SSSR count). The van der Waals surface area contributed by atoms with Crippen molar-refractivity contribution in [1.29, 1.82) is 0 Å². The van der Waals surface area contributed by atoms with Crippen LogP contribution >= 0.6 is 0 Å². The van der Waals surface area contributed by atoms with Gasteiger partial charge in [0.25, 0.3) is 0 Å². The van der Waals surface area contributed by atoms with Crippen LogP contribution in [0.3, 0.4) is 0 Å². The summed E-state index contributed by atoms with van der Waals surface area (Å²) in [5, 5.41) is 5.89. The predicted molar refractivity (Wildman–Crippen MR) is 78.4 cm³/mol. The van der Waals surface area contributed by atoms with Gasteiger partial charge in [0.15, 0.2) is 0 Å². The van der Waals surface area contributed by atoms with E-state index < -0.39 is 0 Å². The standard InChI is InChI=1S/C15H10N4O2/c20-13-8-10-7-9(4-5-11(10)16-13)14-15(18-21)19-6-2-1-3-12(19)17-14/h1-7H,8H2,(H,16,20). The molecular formula is C15H10N4O2. The third-order valence-electron chi connectivity index (χ3n) is 3.59. The van der Waals surface area contributed by atoms with Gasteiger partial charge in [0.05, 0.1) is 6.42 Å². The molecule has 102 valence electrons. The Bertz CT molecular complexity index is 898. The lowest BCUT2D eigenvalue weighted by Crippen LogP contribution is -2.03. The van der Waals surface area contributed by atoms with Crippen molar-refractivity contribution in [2.75, 3.05) is 5.32 Å². The zero-order valence-corrected chi connectivity index (χ0v) is 10.9. The lowest BCUT2D eigenvalue weighted by atomic mass is 10.1. The van der Waals surface area contributed by atoms with Crippen LogP contribution in [0.2, 0.25) is 0 Å². The number of hydrogen-bond acceptors (Lipinski definition) is 4.